The SMILES string of the molecule is COc1c(F)cccc1Nc1c(-c2ccncc2OCC2OCC2(C)C)[nH]c2c1C(=O)NCC21CCC1. The average molecular weight is 507 g/mol. The highest BCUT2D eigenvalue weighted by Gasteiger charge is 2.47. The lowest BCUT2D eigenvalue weighted by Gasteiger charge is -2.44. The van der Waals surface area contributed by atoms with Crippen LogP contribution in [0.15, 0.2) is 36.7 Å². The van der Waals surface area contributed by atoms with Crippen molar-refractivity contribution >= 4 is 17.3 Å². The van der Waals surface area contributed by atoms with Gasteiger partial charge in [-0.05, 0) is 31.0 Å². The maximum Gasteiger partial charge on any atom is 0.255 e. The van der Waals surface area contributed by atoms with E-state index in [2.05, 4.69) is 34.4 Å². The standard InChI is InChI=1S/C28H31FN4O4/c1-27(2)15-37-20(27)13-36-19-12-30-11-8-16(19)22-23(32-18-7-4-6-17(29)24(18)35-3)21-25(33-22)28(9-5-10-28)14-31-26(21)34/h4,6-8,11-12,20,32-33H,5,9-10,13-15H2,1-3H3,(H,31,34). The number of aromatic nitrogens is 2. The summed E-state index contributed by atoms with van der Waals surface area (Å²) in [6, 6.07) is 6.53. The summed E-state index contributed by atoms with van der Waals surface area (Å²) in [4.78, 5) is 21.1. The molecule has 9 heteroatoms. The molecule has 3 N–H and O–H groups in total. The molecule has 1 saturated carbocycles. The Morgan fingerprint density at radius 2 is 2.11 bits per heavy atom. The van der Waals surface area contributed by atoms with Gasteiger partial charge in [-0.3, -0.25) is 9.78 Å². The van der Waals surface area contributed by atoms with E-state index in [-0.39, 0.29) is 28.6 Å². The van der Waals surface area contributed by atoms with Crippen LogP contribution in [0.4, 0.5) is 15.8 Å². The molecule has 2 aromatic heterocycles. The van der Waals surface area contributed by atoms with Gasteiger partial charge in [-0.1, -0.05) is 26.3 Å². The van der Waals surface area contributed by atoms with Crippen molar-refractivity contribution in [2.24, 2.45) is 5.41 Å². The Kier molecular flexibility index (Phi) is 5.63. The largest absolute Gasteiger partial charge is 0.492 e. The number of nitrogens with one attached hydrogen (secondary N) is 3. The van der Waals surface area contributed by atoms with Gasteiger partial charge < -0.3 is 29.8 Å². The molecular weight excluding hydrogens is 475 g/mol. The van der Waals surface area contributed by atoms with Crippen molar-refractivity contribution in [3.63, 3.8) is 0 Å². The Hall–Kier alpha value is -3.59. The number of aromatic amines is 1. The number of hydrogen-bond donors (Lipinski definition) is 3. The first kappa shape index (κ1) is 23.8. The number of H-pyrrole nitrogens is 1. The van der Waals surface area contributed by atoms with Crippen molar-refractivity contribution in [1.82, 2.24) is 15.3 Å². The van der Waals surface area contributed by atoms with Crippen LogP contribution in [0.5, 0.6) is 11.5 Å². The normalized spacial score (nSPS) is 20.9. The van der Waals surface area contributed by atoms with E-state index in [0.717, 1.165) is 30.5 Å². The maximum absolute atomic E-state index is 14.6. The van der Waals surface area contributed by atoms with Crippen LogP contribution < -0.4 is 20.1 Å². The number of carbonyl (C=O) groups excluding carboxylic acids is 1. The number of anilines is 2. The molecule has 2 aliphatic heterocycles. The van der Waals surface area contributed by atoms with Gasteiger partial charge >= 0.3 is 0 Å². The minimum absolute atomic E-state index is 0.0180. The van der Waals surface area contributed by atoms with Crippen LogP contribution >= 0.6 is 0 Å². The minimum atomic E-state index is -0.491. The minimum Gasteiger partial charge on any atom is -0.492 e. The number of methoxy groups -OCH3 is 1. The van der Waals surface area contributed by atoms with Crippen molar-refractivity contribution in [3.05, 3.63) is 53.7 Å². The summed E-state index contributed by atoms with van der Waals surface area (Å²) < 4.78 is 31.8. The zero-order chi connectivity index (χ0) is 25.8. The number of benzene rings is 1. The number of carbonyl (C=O) groups is 1. The first-order chi connectivity index (χ1) is 17.8. The number of hydrogen-bond acceptors (Lipinski definition) is 6. The highest BCUT2D eigenvalue weighted by Crippen LogP contribution is 2.51. The highest BCUT2D eigenvalue weighted by molar-refractivity contribution is 6.07. The summed E-state index contributed by atoms with van der Waals surface area (Å²) >= 11 is 0. The summed E-state index contributed by atoms with van der Waals surface area (Å²) in [5.74, 6) is -0.0123. The Labute approximate surface area is 214 Å². The van der Waals surface area contributed by atoms with E-state index in [1.807, 2.05) is 6.07 Å². The van der Waals surface area contributed by atoms with Gasteiger partial charge in [-0.15, -0.1) is 0 Å². The zero-order valence-electron chi connectivity index (χ0n) is 21.2. The third-order valence-corrected chi connectivity index (χ3v) is 8.06. The van der Waals surface area contributed by atoms with Crippen LogP contribution in [-0.4, -0.2) is 48.8 Å². The van der Waals surface area contributed by atoms with Crippen LogP contribution in [0.1, 0.15) is 49.2 Å². The number of fused-ring (bicyclic) bond motifs is 2. The molecule has 1 aromatic carbocycles. The molecule has 194 valence electrons. The molecule has 1 unspecified atom stereocenters. The first-order valence-corrected chi connectivity index (χ1v) is 12.7. The molecule has 8 nitrogen and oxygen atoms in total. The molecule has 0 bridgehead atoms. The molecule has 4 heterocycles. The lowest BCUT2D eigenvalue weighted by molar-refractivity contribution is -0.180. The smallest absolute Gasteiger partial charge is 0.255 e. The van der Waals surface area contributed by atoms with Gasteiger partial charge in [0, 0.05) is 34.8 Å². The molecule has 1 saturated heterocycles. The summed E-state index contributed by atoms with van der Waals surface area (Å²) in [6.45, 7) is 5.98. The number of rotatable bonds is 7. The van der Waals surface area contributed by atoms with E-state index in [9.17, 15) is 9.18 Å². The molecule has 2 fully saturated rings. The summed E-state index contributed by atoms with van der Waals surface area (Å²) in [5, 5.41) is 6.40. The second kappa shape index (κ2) is 8.76. The zero-order valence-corrected chi connectivity index (χ0v) is 21.2. The average Bonchev–Trinajstić information content (AvgIpc) is 3.23. The monoisotopic (exact) mass is 506 g/mol. The number of halogens is 1. The summed E-state index contributed by atoms with van der Waals surface area (Å²) in [7, 11) is 1.42. The lowest BCUT2D eigenvalue weighted by Crippen LogP contribution is -2.50. The fourth-order valence-corrected chi connectivity index (χ4v) is 5.53. The number of pyridine rings is 1. The molecule has 1 aliphatic carbocycles. The number of nitrogens with zero attached hydrogens (tertiary/aromatic N) is 1. The molecule has 3 aliphatic rings. The van der Waals surface area contributed by atoms with Crippen LogP contribution in [0.25, 0.3) is 11.3 Å². The van der Waals surface area contributed by atoms with Gasteiger partial charge in [0.25, 0.3) is 5.91 Å². The third-order valence-electron chi connectivity index (χ3n) is 8.06. The van der Waals surface area contributed by atoms with Crippen LogP contribution in [0.3, 0.4) is 0 Å². The second-order valence-electron chi connectivity index (χ2n) is 10.9. The van der Waals surface area contributed by atoms with Crippen molar-refractivity contribution in [1.29, 1.82) is 0 Å². The third kappa shape index (κ3) is 3.83. The van der Waals surface area contributed by atoms with Gasteiger partial charge in [-0.25, -0.2) is 4.39 Å². The fraction of sp³-hybridized carbons (Fsp3) is 0.429. The number of amides is 1. The Morgan fingerprint density at radius 1 is 1.27 bits per heavy atom. The Bertz CT molecular complexity index is 1360. The van der Waals surface area contributed by atoms with Crippen LogP contribution in [0, 0.1) is 11.2 Å². The predicted molar refractivity (Wildman–Crippen MR) is 137 cm³/mol. The van der Waals surface area contributed by atoms with Crippen molar-refractivity contribution in [2.45, 2.75) is 44.6 Å². The van der Waals surface area contributed by atoms with Gasteiger partial charge in [0.05, 0.1) is 48.6 Å². The quantitative estimate of drug-likeness (QED) is 0.420. The lowest BCUT2D eigenvalue weighted by atomic mass is 9.64. The summed E-state index contributed by atoms with van der Waals surface area (Å²) in [5.41, 5.74) is 3.77. The van der Waals surface area contributed by atoms with E-state index in [0.29, 0.717) is 48.1 Å². The van der Waals surface area contributed by atoms with Gasteiger partial charge in [-0.2, -0.15) is 0 Å². The van der Waals surface area contributed by atoms with E-state index >= 15 is 0 Å². The summed E-state index contributed by atoms with van der Waals surface area (Å²) in [6.07, 6.45) is 6.42. The van der Waals surface area contributed by atoms with Gasteiger partial charge in [0.15, 0.2) is 11.6 Å². The van der Waals surface area contributed by atoms with Gasteiger partial charge in [0.2, 0.25) is 0 Å². The highest BCUT2D eigenvalue weighted by atomic mass is 19.1. The van der Waals surface area contributed by atoms with Crippen molar-refractivity contribution in [3.8, 4) is 22.8 Å². The molecule has 1 atom stereocenters. The second-order valence-corrected chi connectivity index (χ2v) is 10.9. The maximum atomic E-state index is 14.6. The molecule has 37 heavy (non-hydrogen) atoms. The number of ether oxygens (including phenoxy) is 3. The molecule has 3 aromatic rings. The van der Waals surface area contributed by atoms with Crippen LogP contribution in [0.2, 0.25) is 0 Å². The van der Waals surface area contributed by atoms with E-state index in [1.165, 1.54) is 13.2 Å². The Balaban J connectivity index is 1.47. The van der Waals surface area contributed by atoms with E-state index < -0.39 is 5.82 Å². The molecular formula is C28H31FN4O4. The van der Waals surface area contributed by atoms with Gasteiger partial charge in [0.1, 0.15) is 12.4 Å². The van der Waals surface area contributed by atoms with Crippen molar-refractivity contribution in [2.75, 3.05) is 32.2 Å². The fourth-order valence-electron chi connectivity index (χ4n) is 5.53. The molecule has 1 spiro atoms. The van der Waals surface area contributed by atoms with E-state index in [1.54, 1.807) is 24.5 Å². The molecule has 0 radical (unpaired) electrons. The van der Waals surface area contributed by atoms with Crippen molar-refractivity contribution < 1.29 is 23.4 Å². The molecule has 1 amide bonds. The predicted octanol–water partition coefficient (Wildman–Crippen LogP) is 4.94. The molecule has 6 rings (SSSR count). The van der Waals surface area contributed by atoms with E-state index in [4.69, 9.17) is 14.2 Å². The topological polar surface area (TPSA) is 97.5 Å². The Morgan fingerprint density at radius 3 is 2.78 bits per heavy atom. The number of para-hydroxylation sites is 1. The van der Waals surface area contributed by atoms with Crippen LogP contribution in [-0.2, 0) is 10.2 Å². The first-order valence-electron chi connectivity index (χ1n) is 12.7.